The monoisotopic (exact) mass is 375 g/mol. The third-order valence-electron chi connectivity index (χ3n) is 4.90. The van der Waals surface area contributed by atoms with Crippen molar-refractivity contribution in [3.8, 4) is 0 Å². The topological polar surface area (TPSA) is 61.4 Å². The van der Waals surface area contributed by atoms with Crippen molar-refractivity contribution in [3.05, 3.63) is 29.8 Å². The summed E-state index contributed by atoms with van der Waals surface area (Å²) in [5, 5.41) is 6.76. The highest BCUT2D eigenvalue weighted by molar-refractivity contribution is 5.79. The van der Waals surface area contributed by atoms with Gasteiger partial charge in [0.15, 0.2) is 5.96 Å². The molecule has 0 radical (unpaired) electrons. The predicted octanol–water partition coefficient (Wildman–Crippen LogP) is 0.911. The molecule has 2 aliphatic rings. The highest BCUT2D eigenvalue weighted by atomic mass is 16.5. The van der Waals surface area contributed by atoms with Gasteiger partial charge < -0.3 is 25.0 Å². The van der Waals surface area contributed by atoms with E-state index in [4.69, 9.17) is 14.5 Å². The molecule has 3 rings (SSSR count). The van der Waals surface area contributed by atoms with E-state index in [-0.39, 0.29) is 0 Å². The van der Waals surface area contributed by atoms with Gasteiger partial charge in [0.05, 0.1) is 33.0 Å². The average molecular weight is 376 g/mol. The van der Waals surface area contributed by atoms with Crippen LogP contribution in [0.5, 0.6) is 0 Å². The predicted molar refractivity (Wildman–Crippen MR) is 110 cm³/mol. The zero-order valence-electron chi connectivity index (χ0n) is 16.5. The Hall–Kier alpha value is -1.83. The molecule has 7 nitrogen and oxygen atoms in total. The van der Waals surface area contributed by atoms with Gasteiger partial charge in [-0.2, -0.15) is 0 Å². The van der Waals surface area contributed by atoms with E-state index in [1.807, 2.05) is 0 Å². The Morgan fingerprint density at radius 2 is 1.63 bits per heavy atom. The van der Waals surface area contributed by atoms with E-state index in [1.54, 1.807) is 0 Å². The number of nitrogens with zero attached hydrogens (tertiary/aromatic N) is 3. The van der Waals surface area contributed by atoms with Gasteiger partial charge in [-0.1, -0.05) is 12.1 Å². The minimum atomic E-state index is 0.677. The van der Waals surface area contributed by atoms with Crippen LogP contribution in [0.25, 0.3) is 0 Å². The fraction of sp³-hybridized carbons (Fsp3) is 0.650. The van der Waals surface area contributed by atoms with E-state index in [2.05, 4.69) is 51.6 Å². The lowest BCUT2D eigenvalue weighted by molar-refractivity contribution is 0.0389. The average Bonchev–Trinajstić information content (AvgIpc) is 2.74. The number of hydrogen-bond donors (Lipinski definition) is 2. The van der Waals surface area contributed by atoms with Gasteiger partial charge in [-0.25, -0.2) is 4.99 Å². The third kappa shape index (κ3) is 6.68. The maximum Gasteiger partial charge on any atom is 0.191 e. The number of guanidine groups is 1. The second-order valence-corrected chi connectivity index (χ2v) is 6.84. The molecule has 2 saturated heterocycles. The summed E-state index contributed by atoms with van der Waals surface area (Å²) in [5.41, 5.74) is 2.49. The number of rotatable bonds is 7. The number of benzene rings is 1. The van der Waals surface area contributed by atoms with Crippen LogP contribution in [0.4, 0.5) is 5.69 Å². The molecule has 0 amide bonds. The van der Waals surface area contributed by atoms with Crippen molar-refractivity contribution in [2.45, 2.75) is 13.5 Å². The third-order valence-corrected chi connectivity index (χ3v) is 4.90. The molecule has 7 heteroatoms. The Balaban J connectivity index is 1.46. The van der Waals surface area contributed by atoms with Crippen LogP contribution < -0.4 is 15.5 Å². The molecule has 27 heavy (non-hydrogen) atoms. The van der Waals surface area contributed by atoms with Gasteiger partial charge in [-0.05, 0) is 24.6 Å². The molecule has 2 fully saturated rings. The van der Waals surface area contributed by atoms with E-state index >= 15 is 0 Å². The summed E-state index contributed by atoms with van der Waals surface area (Å²) in [6.07, 6.45) is 0. The SMILES string of the molecule is CCNC(=NCc1ccc(N2CCOCC2)cc1)NCCN1CCOCC1. The number of morpholine rings is 2. The summed E-state index contributed by atoms with van der Waals surface area (Å²) in [6, 6.07) is 8.72. The van der Waals surface area contributed by atoms with Crippen LogP contribution in [0, 0.1) is 0 Å². The van der Waals surface area contributed by atoms with Gasteiger partial charge in [0.2, 0.25) is 0 Å². The van der Waals surface area contributed by atoms with Gasteiger partial charge in [0.25, 0.3) is 0 Å². The van der Waals surface area contributed by atoms with Crippen molar-refractivity contribution in [1.29, 1.82) is 0 Å². The molecular formula is C20H33N5O2. The van der Waals surface area contributed by atoms with Gasteiger partial charge >= 0.3 is 0 Å². The standard InChI is InChI=1S/C20H33N5O2/c1-2-21-20(22-7-8-24-9-13-26-14-10-24)23-17-18-3-5-19(6-4-18)25-11-15-27-16-12-25/h3-6H,2,7-17H2,1H3,(H2,21,22,23). The van der Waals surface area contributed by atoms with E-state index in [0.717, 1.165) is 78.2 Å². The Morgan fingerprint density at radius 1 is 0.963 bits per heavy atom. The maximum atomic E-state index is 5.42. The van der Waals surface area contributed by atoms with Crippen molar-refractivity contribution in [3.63, 3.8) is 0 Å². The quantitative estimate of drug-likeness (QED) is 0.546. The normalized spacial score (nSPS) is 19.1. The van der Waals surface area contributed by atoms with Gasteiger partial charge in [0.1, 0.15) is 0 Å². The Morgan fingerprint density at radius 3 is 2.30 bits per heavy atom. The first-order valence-electron chi connectivity index (χ1n) is 10.1. The number of ether oxygens (including phenoxy) is 2. The van der Waals surface area contributed by atoms with Crippen molar-refractivity contribution in [1.82, 2.24) is 15.5 Å². The molecule has 1 aromatic rings. The van der Waals surface area contributed by atoms with Crippen LogP contribution in [0.15, 0.2) is 29.3 Å². The molecule has 0 atom stereocenters. The smallest absolute Gasteiger partial charge is 0.191 e. The summed E-state index contributed by atoms with van der Waals surface area (Å²) >= 11 is 0. The fourth-order valence-corrected chi connectivity index (χ4v) is 3.30. The van der Waals surface area contributed by atoms with Crippen LogP contribution in [-0.2, 0) is 16.0 Å². The van der Waals surface area contributed by atoms with Gasteiger partial charge in [-0.15, -0.1) is 0 Å². The first-order chi connectivity index (χ1) is 13.3. The summed E-state index contributed by atoms with van der Waals surface area (Å²) in [4.78, 5) is 9.52. The van der Waals surface area contributed by atoms with Crippen LogP contribution in [-0.4, -0.2) is 83.1 Å². The number of aliphatic imine (C=N–C) groups is 1. The van der Waals surface area contributed by atoms with E-state index in [1.165, 1.54) is 11.3 Å². The van der Waals surface area contributed by atoms with Crippen LogP contribution >= 0.6 is 0 Å². The van der Waals surface area contributed by atoms with Gasteiger partial charge in [0, 0.05) is 51.5 Å². The molecule has 2 aliphatic heterocycles. The highest BCUT2D eigenvalue weighted by Gasteiger charge is 2.11. The molecule has 150 valence electrons. The molecule has 2 heterocycles. The van der Waals surface area contributed by atoms with Crippen molar-refractivity contribution < 1.29 is 9.47 Å². The summed E-state index contributed by atoms with van der Waals surface area (Å²) < 4.78 is 10.8. The van der Waals surface area contributed by atoms with Crippen LogP contribution in [0.1, 0.15) is 12.5 Å². The molecule has 0 bridgehead atoms. The minimum absolute atomic E-state index is 0.677. The van der Waals surface area contributed by atoms with Crippen LogP contribution in [0.3, 0.4) is 0 Å². The molecular weight excluding hydrogens is 342 g/mol. The van der Waals surface area contributed by atoms with Crippen molar-refractivity contribution in [2.75, 3.05) is 77.1 Å². The maximum absolute atomic E-state index is 5.42. The van der Waals surface area contributed by atoms with Crippen molar-refractivity contribution >= 4 is 11.6 Å². The molecule has 0 saturated carbocycles. The molecule has 0 unspecified atom stereocenters. The number of hydrogen-bond acceptors (Lipinski definition) is 5. The summed E-state index contributed by atoms with van der Waals surface area (Å²) in [5.74, 6) is 0.878. The van der Waals surface area contributed by atoms with Crippen LogP contribution in [0.2, 0.25) is 0 Å². The Bertz CT molecular complexity index is 566. The highest BCUT2D eigenvalue weighted by Crippen LogP contribution is 2.17. The zero-order valence-corrected chi connectivity index (χ0v) is 16.5. The summed E-state index contributed by atoms with van der Waals surface area (Å²) in [6.45, 7) is 12.8. The zero-order chi connectivity index (χ0) is 18.7. The lowest BCUT2D eigenvalue weighted by Crippen LogP contribution is -2.44. The minimum Gasteiger partial charge on any atom is -0.379 e. The lowest BCUT2D eigenvalue weighted by Gasteiger charge is -2.28. The number of nitrogens with one attached hydrogen (secondary N) is 2. The lowest BCUT2D eigenvalue weighted by atomic mass is 10.2. The molecule has 0 aromatic heterocycles. The van der Waals surface area contributed by atoms with Crippen molar-refractivity contribution in [2.24, 2.45) is 4.99 Å². The second kappa shape index (κ2) is 11.1. The summed E-state index contributed by atoms with van der Waals surface area (Å²) in [7, 11) is 0. The number of anilines is 1. The van der Waals surface area contributed by atoms with E-state index in [9.17, 15) is 0 Å². The molecule has 0 aliphatic carbocycles. The Kier molecular flexibility index (Phi) is 8.20. The molecule has 2 N–H and O–H groups in total. The fourth-order valence-electron chi connectivity index (χ4n) is 3.30. The second-order valence-electron chi connectivity index (χ2n) is 6.84. The Labute approximate surface area is 162 Å². The molecule has 0 spiro atoms. The van der Waals surface area contributed by atoms with Gasteiger partial charge in [-0.3, -0.25) is 4.90 Å². The largest absolute Gasteiger partial charge is 0.379 e. The van der Waals surface area contributed by atoms with E-state index < -0.39 is 0 Å². The first-order valence-corrected chi connectivity index (χ1v) is 10.1. The molecule has 1 aromatic carbocycles. The first kappa shape index (κ1) is 19.9. The van der Waals surface area contributed by atoms with E-state index in [0.29, 0.717) is 6.54 Å².